The first-order chi connectivity index (χ1) is 7.32. The summed E-state index contributed by atoms with van der Waals surface area (Å²) in [6, 6.07) is 0.690. The zero-order valence-corrected chi connectivity index (χ0v) is 11.0. The van der Waals surface area contributed by atoms with Crippen LogP contribution < -0.4 is 5.73 Å². The molecule has 16 heavy (non-hydrogen) atoms. The highest BCUT2D eigenvalue weighted by atomic mass is 32.2. The molecule has 0 saturated carbocycles. The Morgan fingerprint density at radius 3 is 2.62 bits per heavy atom. The van der Waals surface area contributed by atoms with E-state index in [9.17, 15) is 8.42 Å². The minimum absolute atomic E-state index is 0.154. The molecule has 0 aromatic heterocycles. The highest BCUT2D eigenvalue weighted by Gasteiger charge is 2.45. The van der Waals surface area contributed by atoms with Crippen molar-refractivity contribution in [3.05, 3.63) is 0 Å². The van der Waals surface area contributed by atoms with E-state index in [4.69, 9.17) is 5.73 Å². The van der Waals surface area contributed by atoms with Crippen molar-refractivity contribution in [3.63, 3.8) is 0 Å². The molecular formula is C11H22N2O2S. The lowest BCUT2D eigenvalue weighted by atomic mass is 9.90. The van der Waals surface area contributed by atoms with Gasteiger partial charge < -0.3 is 5.73 Å². The summed E-state index contributed by atoms with van der Waals surface area (Å²) in [7, 11) is -2.81. The van der Waals surface area contributed by atoms with Crippen LogP contribution in [0.5, 0.6) is 0 Å². The molecule has 0 aromatic carbocycles. The minimum Gasteiger partial charge on any atom is -0.328 e. The van der Waals surface area contributed by atoms with Gasteiger partial charge in [-0.3, -0.25) is 4.90 Å². The third kappa shape index (κ3) is 2.26. The normalized spacial score (nSPS) is 44.7. The molecule has 0 aliphatic carbocycles. The lowest BCUT2D eigenvalue weighted by Gasteiger charge is -2.46. The van der Waals surface area contributed by atoms with Crippen LogP contribution in [-0.2, 0) is 9.84 Å². The maximum Gasteiger partial charge on any atom is 0.152 e. The highest BCUT2D eigenvalue weighted by molar-refractivity contribution is 7.91. The Bertz CT molecular complexity index is 368. The van der Waals surface area contributed by atoms with Crippen molar-refractivity contribution < 1.29 is 8.42 Å². The molecule has 2 heterocycles. The van der Waals surface area contributed by atoms with Gasteiger partial charge in [-0.05, 0) is 33.1 Å². The second-order valence-corrected chi connectivity index (χ2v) is 7.85. The summed E-state index contributed by atoms with van der Waals surface area (Å²) in [5, 5.41) is 0. The molecule has 0 spiro atoms. The Balaban J connectivity index is 2.13. The van der Waals surface area contributed by atoms with Gasteiger partial charge in [-0.2, -0.15) is 0 Å². The van der Waals surface area contributed by atoms with E-state index in [-0.39, 0.29) is 11.6 Å². The molecule has 0 aromatic rings. The van der Waals surface area contributed by atoms with E-state index in [1.165, 1.54) is 0 Å². The quantitative estimate of drug-likeness (QED) is 0.726. The molecule has 2 aliphatic rings. The molecule has 0 radical (unpaired) electrons. The molecule has 2 fully saturated rings. The predicted octanol–water partition coefficient (Wildman–Crippen LogP) is 0.375. The first-order valence-corrected chi connectivity index (χ1v) is 7.87. The van der Waals surface area contributed by atoms with Gasteiger partial charge in [0, 0.05) is 24.2 Å². The van der Waals surface area contributed by atoms with E-state index >= 15 is 0 Å². The summed E-state index contributed by atoms with van der Waals surface area (Å²) in [5.41, 5.74) is 5.78. The summed E-state index contributed by atoms with van der Waals surface area (Å²) < 4.78 is 23.2. The van der Waals surface area contributed by atoms with Gasteiger partial charge in [0.1, 0.15) is 0 Å². The molecule has 5 heteroatoms. The molecule has 2 rings (SSSR count). The van der Waals surface area contributed by atoms with Crippen molar-refractivity contribution in [2.75, 3.05) is 18.1 Å². The highest BCUT2D eigenvalue weighted by Crippen LogP contribution is 2.34. The molecule has 2 saturated heterocycles. The third-order valence-corrected chi connectivity index (χ3v) is 5.98. The number of hydrogen-bond donors (Lipinski definition) is 1. The van der Waals surface area contributed by atoms with Gasteiger partial charge >= 0.3 is 0 Å². The molecule has 3 atom stereocenters. The maximum absolute atomic E-state index is 11.6. The molecule has 0 amide bonds. The number of piperidine rings is 1. The smallest absolute Gasteiger partial charge is 0.152 e. The van der Waals surface area contributed by atoms with Gasteiger partial charge in [-0.15, -0.1) is 0 Å². The van der Waals surface area contributed by atoms with Crippen molar-refractivity contribution in [1.29, 1.82) is 0 Å². The monoisotopic (exact) mass is 246 g/mol. The lowest BCUT2D eigenvalue weighted by Crippen LogP contribution is -2.56. The number of rotatable bonds is 1. The van der Waals surface area contributed by atoms with Crippen LogP contribution in [0.2, 0.25) is 0 Å². The van der Waals surface area contributed by atoms with E-state index in [2.05, 4.69) is 18.7 Å². The van der Waals surface area contributed by atoms with E-state index in [0.717, 1.165) is 25.8 Å². The minimum atomic E-state index is -2.81. The van der Waals surface area contributed by atoms with Crippen LogP contribution >= 0.6 is 0 Å². The van der Waals surface area contributed by atoms with Crippen molar-refractivity contribution in [2.24, 2.45) is 5.73 Å². The Morgan fingerprint density at radius 1 is 1.44 bits per heavy atom. The Hall–Kier alpha value is -0.130. The van der Waals surface area contributed by atoms with E-state index in [1.54, 1.807) is 0 Å². The van der Waals surface area contributed by atoms with Gasteiger partial charge in [0.2, 0.25) is 0 Å². The molecular weight excluding hydrogens is 224 g/mol. The van der Waals surface area contributed by atoms with Crippen molar-refractivity contribution >= 4 is 9.84 Å². The van der Waals surface area contributed by atoms with Gasteiger partial charge in [0.25, 0.3) is 0 Å². The fourth-order valence-corrected chi connectivity index (χ4v) is 5.38. The Labute approximate surface area is 98.1 Å². The van der Waals surface area contributed by atoms with Crippen LogP contribution in [0.15, 0.2) is 0 Å². The average molecular weight is 246 g/mol. The topological polar surface area (TPSA) is 63.4 Å². The number of hydrogen-bond acceptors (Lipinski definition) is 4. The van der Waals surface area contributed by atoms with Crippen molar-refractivity contribution in [1.82, 2.24) is 4.90 Å². The largest absolute Gasteiger partial charge is 0.328 e. The van der Waals surface area contributed by atoms with E-state index in [0.29, 0.717) is 17.5 Å². The standard InChI is InChI=1S/C11H22N2O2S/c1-9-7-10(12)3-5-13(9)11(2)4-6-16(14,15)8-11/h9-10H,3-8,12H2,1-2H3. The molecule has 94 valence electrons. The van der Waals surface area contributed by atoms with Crippen LogP contribution in [0.4, 0.5) is 0 Å². The predicted molar refractivity (Wildman–Crippen MR) is 65.1 cm³/mol. The molecule has 0 bridgehead atoms. The van der Waals surface area contributed by atoms with Crippen LogP contribution in [0, 0.1) is 0 Å². The van der Waals surface area contributed by atoms with Crippen LogP contribution in [-0.4, -0.2) is 49.0 Å². The van der Waals surface area contributed by atoms with E-state index < -0.39 is 9.84 Å². The van der Waals surface area contributed by atoms with Crippen LogP contribution in [0.25, 0.3) is 0 Å². The first-order valence-electron chi connectivity index (χ1n) is 6.05. The first kappa shape index (κ1) is 12.3. The number of nitrogens with two attached hydrogens (primary N) is 1. The van der Waals surface area contributed by atoms with Gasteiger partial charge in [-0.25, -0.2) is 8.42 Å². The Morgan fingerprint density at radius 2 is 2.12 bits per heavy atom. The summed E-state index contributed by atoms with van der Waals surface area (Å²) in [5.74, 6) is 0.665. The van der Waals surface area contributed by atoms with Crippen LogP contribution in [0.3, 0.4) is 0 Å². The van der Waals surface area contributed by atoms with Crippen molar-refractivity contribution in [3.8, 4) is 0 Å². The molecule has 2 N–H and O–H groups in total. The van der Waals surface area contributed by atoms with Crippen LogP contribution in [0.1, 0.15) is 33.1 Å². The summed E-state index contributed by atoms with van der Waals surface area (Å²) in [6.45, 7) is 5.19. The fourth-order valence-electron chi connectivity index (χ4n) is 3.23. The fraction of sp³-hybridized carbons (Fsp3) is 1.00. The van der Waals surface area contributed by atoms with E-state index in [1.807, 2.05) is 0 Å². The second kappa shape index (κ2) is 3.96. The number of likely N-dealkylation sites (tertiary alicyclic amines) is 1. The SMILES string of the molecule is CC1CC(N)CCN1C1(C)CCS(=O)(=O)C1. The zero-order valence-electron chi connectivity index (χ0n) is 10.1. The summed E-state index contributed by atoms with van der Waals surface area (Å²) in [6.07, 6.45) is 2.74. The zero-order chi connectivity index (χ0) is 12.0. The van der Waals surface area contributed by atoms with Gasteiger partial charge in [0.05, 0.1) is 11.5 Å². The van der Waals surface area contributed by atoms with Gasteiger partial charge in [-0.1, -0.05) is 0 Å². The third-order valence-electron chi connectivity index (χ3n) is 4.09. The number of sulfone groups is 1. The maximum atomic E-state index is 11.6. The van der Waals surface area contributed by atoms with Crippen molar-refractivity contribution in [2.45, 2.75) is 50.7 Å². The number of nitrogens with zero attached hydrogens (tertiary/aromatic N) is 1. The second-order valence-electron chi connectivity index (χ2n) is 5.67. The lowest BCUT2D eigenvalue weighted by molar-refractivity contribution is 0.0465. The summed E-state index contributed by atoms with van der Waals surface area (Å²) >= 11 is 0. The average Bonchev–Trinajstić information content (AvgIpc) is 2.41. The summed E-state index contributed by atoms with van der Waals surface area (Å²) in [4.78, 5) is 2.36. The molecule has 2 aliphatic heterocycles. The molecule has 3 unspecified atom stereocenters. The molecule has 4 nitrogen and oxygen atoms in total. The Kier molecular flexibility index (Phi) is 3.05. The van der Waals surface area contributed by atoms with Gasteiger partial charge in [0.15, 0.2) is 9.84 Å².